The molecule has 1 aliphatic carbocycles. The highest BCUT2D eigenvalue weighted by atomic mass is 32.1. The van der Waals surface area contributed by atoms with E-state index in [0.717, 1.165) is 5.01 Å². The molecular weight excluding hydrogens is 264 g/mol. The largest absolute Gasteiger partial charge is 0.481 e. The zero-order valence-electron chi connectivity index (χ0n) is 10.4. The second-order valence-corrected chi connectivity index (χ2v) is 5.44. The van der Waals surface area contributed by atoms with E-state index < -0.39 is 17.8 Å². The van der Waals surface area contributed by atoms with Gasteiger partial charge in [-0.15, -0.1) is 11.3 Å². The van der Waals surface area contributed by atoms with Crippen LogP contribution in [0.4, 0.5) is 0 Å². The molecule has 1 heterocycles. The Kier molecular flexibility index (Phi) is 4.68. The zero-order valence-corrected chi connectivity index (χ0v) is 11.2. The van der Waals surface area contributed by atoms with Crippen molar-refractivity contribution in [3.05, 3.63) is 28.7 Å². The molecule has 5 nitrogen and oxygen atoms in total. The normalized spacial score (nSPS) is 22.1. The van der Waals surface area contributed by atoms with Gasteiger partial charge in [-0.3, -0.25) is 9.59 Å². The second-order valence-electron chi connectivity index (χ2n) is 4.46. The standard InChI is InChI=1S/C13H16N2O3S/c16-12(15-6-5-11-14-7-8-19-11)9-3-1-2-4-10(9)13(17)18/h1-2,7-10H,3-6H2,(H,15,16)(H,17,18). The number of thiazole rings is 1. The first-order valence-corrected chi connectivity index (χ1v) is 7.10. The summed E-state index contributed by atoms with van der Waals surface area (Å²) in [4.78, 5) is 27.3. The van der Waals surface area contributed by atoms with Crippen LogP contribution in [0.15, 0.2) is 23.7 Å². The molecular formula is C13H16N2O3S. The van der Waals surface area contributed by atoms with Crippen LogP contribution in [0.1, 0.15) is 17.8 Å². The van der Waals surface area contributed by atoms with E-state index >= 15 is 0 Å². The minimum absolute atomic E-state index is 0.173. The minimum atomic E-state index is -0.899. The van der Waals surface area contributed by atoms with Crippen LogP contribution < -0.4 is 5.32 Å². The smallest absolute Gasteiger partial charge is 0.307 e. The molecule has 0 aromatic carbocycles. The molecule has 2 rings (SSSR count). The molecule has 1 aromatic heterocycles. The summed E-state index contributed by atoms with van der Waals surface area (Å²) in [6.45, 7) is 0.499. The lowest BCUT2D eigenvalue weighted by Gasteiger charge is -2.24. The van der Waals surface area contributed by atoms with E-state index in [1.165, 1.54) is 0 Å². The average molecular weight is 280 g/mol. The molecule has 2 N–H and O–H groups in total. The third kappa shape index (κ3) is 3.64. The summed E-state index contributed by atoms with van der Waals surface area (Å²) in [6, 6.07) is 0. The monoisotopic (exact) mass is 280 g/mol. The molecule has 6 heteroatoms. The van der Waals surface area contributed by atoms with Crippen LogP contribution in [0.2, 0.25) is 0 Å². The lowest BCUT2D eigenvalue weighted by atomic mass is 9.82. The number of hydrogen-bond acceptors (Lipinski definition) is 4. The third-order valence-electron chi connectivity index (χ3n) is 3.21. The SMILES string of the molecule is O=C(O)C1CC=CCC1C(=O)NCCc1nccs1. The van der Waals surface area contributed by atoms with Gasteiger partial charge >= 0.3 is 5.97 Å². The molecule has 19 heavy (non-hydrogen) atoms. The van der Waals surface area contributed by atoms with E-state index in [1.807, 2.05) is 17.5 Å². The highest BCUT2D eigenvalue weighted by Gasteiger charge is 2.33. The van der Waals surface area contributed by atoms with E-state index in [1.54, 1.807) is 17.5 Å². The Bertz CT molecular complexity index is 470. The number of nitrogens with zero attached hydrogens (tertiary/aromatic N) is 1. The van der Waals surface area contributed by atoms with E-state index in [9.17, 15) is 9.59 Å². The molecule has 0 spiro atoms. The van der Waals surface area contributed by atoms with Crippen LogP contribution in [0.3, 0.4) is 0 Å². The van der Waals surface area contributed by atoms with Crippen molar-refractivity contribution in [1.82, 2.24) is 10.3 Å². The first kappa shape index (κ1) is 13.7. The Hall–Kier alpha value is -1.69. The van der Waals surface area contributed by atoms with Crippen molar-refractivity contribution in [3.63, 3.8) is 0 Å². The predicted molar refractivity (Wildman–Crippen MR) is 71.8 cm³/mol. The molecule has 1 amide bonds. The maximum absolute atomic E-state index is 12.0. The van der Waals surface area contributed by atoms with Crippen molar-refractivity contribution in [2.75, 3.05) is 6.54 Å². The summed E-state index contributed by atoms with van der Waals surface area (Å²) in [5.74, 6) is -2.14. The number of hydrogen-bond donors (Lipinski definition) is 2. The van der Waals surface area contributed by atoms with Crippen molar-refractivity contribution in [3.8, 4) is 0 Å². The summed E-state index contributed by atoms with van der Waals surface area (Å²) in [6.07, 6.45) is 7.06. The number of amides is 1. The first-order chi connectivity index (χ1) is 9.18. The number of carbonyl (C=O) groups is 2. The van der Waals surface area contributed by atoms with Gasteiger partial charge in [0.15, 0.2) is 0 Å². The predicted octanol–water partition coefficient (Wildman–Crippen LogP) is 1.47. The number of allylic oxidation sites excluding steroid dienone is 2. The van der Waals surface area contributed by atoms with Gasteiger partial charge in [0.2, 0.25) is 5.91 Å². The van der Waals surface area contributed by atoms with Crippen molar-refractivity contribution < 1.29 is 14.7 Å². The second kappa shape index (κ2) is 6.47. The van der Waals surface area contributed by atoms with Gasteiger partial charge in [-0.1, -0.05) is 12.2 Å². The van der Waals surface area contributed by atoms with Crippen LogP contribution >= 0.6 is 11.3 Å². The molecule has 1 aliphatic rings. The lowest BCUT2D eigenvalue weighted by Crippen LogP contribution is -2.39. The van der Waals surface area contributed by atoms with E-state index in [0.29, 0.717) is 25.8 Å². The van der Waals surface area contributed by atoms with Gasteiger partial charge in [-0.25, -0.2) is 4.98 Å². The van der Waals surface area contributed by atoms with Gasteiger partial charge in [0.05, 0.1) is 16.8 Å². The zero-order chi connectivity index (χ0) is 13.7. The van der Waals surface area contributed by atoms with E-state index in [4.69, 9.17) is 5.11 Å². The van der Waals surface area contributed by atoms with Crippen molar-refractivity contribution >= 4 is 23.2 Å². The number of aliphatic carboxylic acids is 1. The molecule has 0 fully saturated rings. The number of rotatable bonds is 5. The quantitative estimate of drug-likeness (QED) is 0.800. The van der Waals surface area contributed by atoms with Crippen LogP contribution in [-0.4, -0.2) is 28.5 Å². The topological polar surface area (TPSA) is 79.3 Å². The fourth-order valence-electron chi connectivity index (χ4n) is 2.18. The Morgan fingerprint density at radius 2 is 2.11 bits per heavy atom. The number of carbonyl (C=O) groups excluding carboxylic acids is 1. The molecule has 1 aromatic rings. The summed E-state index contributed by atoms with van der Waals surface area (Å²) in [5, 5.41) is 14.8. The number of nitrogens with one attached hydrogen (secondary N) is 1. The summed E-state index contributed by atoms with van der Waals surface area (Å²) in [7, 11) is 0. The highest BCUT2D eigenvalue weighted by molar-refractivity contribution is 7.09. The van der Waals surface area contributed by atoms with Crippen LogP contribution in [0.5, 0.6) is 0 Å². The third-order valence-corrected chi connectivity index (χ3v) is 4.05. The summed E-state index contributed by atoms with van der Waals surface area (Å²) >= 11 is 1.55. The molecule has 0 radical (unpaired) electrons. The first-order valence-electron chi connectivity index (χ1n) is 6.22. The Labute approximate surface area is 115 Å². The van der Waals surface area contributed by atoms with E-state index in [-0.39, 0.29) is 5.91 Å². The molecule has 0 aliphatic heterocycles. The summed E-state index contributed by atoms with van der Waals surface area (Å²) < 4.78 is 0. The molecule has 0 saturated carbocycles. The maximum atomic E-state index is 12.0. The van der Waals surface area contributed by atoms with Crippen LogP contribution in [-0.2, 0) is 16.0 Å². The maximum Gasteiger partial charge on any atom is 0.307 e. The van der Waals surface area contributed by atoms with Crippen molar-refractivity contribution in [1.29, 1.82) is 0 Å². The highest BCUT2D eigenvalue weighted by Crippen LogP contribution is 2.25. The lowest BCUT2D eigenvalue weighted by molar-refractivity contribution is -0.147. The average Bonchev–Trinajstić information content (AvgIpc) is 2.91. The molecule has 0 bridgehead atoms. The van der Waals surface area contributed by atoms with Gasteiger partial charge in [0, 0.05) is 24.5 Å². The molecule has 0 saturated heterocycles. The Morgan fingerprint density at radius 3 is 2.74 bits per heavy atom. The minimum Gasteiger partial charge on any atom is -0.481 e. The van der Waals surface area contributed by atoms with Crippen molar-refractivity contribution in [2.24, 2.45) is 11.8 Å². The van der Waals surface area contributed by atoms with Crippen LogP contribution in [0, 0.1) is 11.8 Å². The van der Waals surface area contributed by atoms with Crippen LogP contribution in [0.25, 0.3) is 0 Å². The number of aromatic nitrogens is 1. The fourth-order valence-corrected chi connectivity index (χ4v) is 2.80. The number of carboxylic acid groups (broad SMARTS) is 1. The Balaban J connectivity index is 1.84. The summed E-state index contributed by atoms with van der Waals surface area (Å²) in [5.41, 5.74) is 0. The molecule has 2 unspecified atom stereocenters. The van der Waals surface area contributed by atoms with E-state index in [2.05, 4.69) is 10.3 Å². The van der Waals surface area contributed by atoms with Gasteiger partial charge in [-0.2, -0.15) is 0 Å². The van der Waals surface area contributed by atoms with Crippen molar-refractivity contribution in [2.45, 2.75) is 19.3 Å². The molecule has 102 valence electrons. The van der Waals surface area contributed by atoms with Gasteiger partial charge in [0.1, 0.15) is 0 Å². The van der Waals surface area contributed by atoms with Gasteiger partial charge in [-0.05, 0) is 12.8 Å². The molecule has 2 atom stereocenters. The number of carboxylic acids is 1. The van der Waals surface area contributed by atoms with Gasteiger partial charge < -0.3 is 10.4 Å². The van der Waals surface area contributed by atoms with Gasteiger partial charge in [0.25, 0.3) is 0 Å². The fraction of sp³-hybridized carbons (Fsp3) is 0.462. The Morgan fingerprint density at radius 1 is 1.37 bits per heavy atom.